The molecule has 1 aromatic heterocycles. The highest BCUT2D eigenvalue weighted by Gasteiger charge is 2.28. The van der Waals surface area contributed by atoms with Gasteiger partial charge in [-0.15, -0.1) is 5.10 Å². The minimum absolute atomic E-state index is 0.472. The third kappa shape index (κ3) is 3.13. The van der Waals surface area contributed by atoms with Crippen LogP contribution in [0, 0.1) is 0 Å². The van der Waals surface area contributed by atoms with Crippen LogP contribution in [-0.4, -0.2) is 26.8 Å². The highest BCUT2D eigenvalue weighted by atomic mass is 35.5. The first-order valence-corrected chi connectivity index (χ1v) is 7.92. The van der Waals surface area contributed by atoms with Crippen molar-refractivity contribution < 1.29 is 0 Å². The van der Waals surface area contributed by atoms with E-state index in [1.807, 2.05) is 16.8 Å². The normalized spacial score (nSPS) is 14.7. The lowest BCUT2D eigenvalue weighted by molar-refractivity contribution is 0.565. The molecule has 1 aliphatic rings. The lowest BCUT2D eigenvalue weighted by Crippen LogP contribution is -2.11. The van der Waals surface area contributed by atoms with Gasteiger partial charge in [0.05, 0.1) is 11.1 Å². The van der Waals surface area contributed by atoms with Gasteiger partial charge in [-0.3, -0.25) is 0 Å². The van der Waals surface area contributed by atoms with Crippen molar-refractivity contribution in [1.29, 1.82) is 0 Å². The standard InChI is InChI=1S/C13H16ClN5S/c1-2-15-8-9-3-6-12(11(14)7-9)20-13-16-17-18-19(13)10-4-5-10/h3,6-7,10,15H,2,4-5,8H2,1H3. The first kappa shape index (κ1) is 13.9. The summed E-state index contributed by atoms with van der Waals surface area (Å²) in [6.45, 7) is 3.87. The minimum Gasteiger partial charge on any atom is -0.313 e. The molecule has 106 valence electrons. The summed E-state index contributed by atoms with van der Waals surface area (Å²) in [5.74, 6) is 0. The second-order valence-electron chi connectivity index (χ2n) is 4.78. The van der Waals surface area contributed by atoms with Crippen LogP contribution >= 0.6 is 23.4 Å². The summed E-state index contributed by atoms with van der Waals surface area (Å²) in [6, 6.07) is 6.59. The molecule has 1 aliphatic carbocycles. The molecule has 1 heterocycles. The van der Waals surface area contributed by atoms with Gasteiger partial charge in [0, 0.05) is 11.4 Å². The summed E-state index contributed by atoms with van der Waals surface area (Å²) in [6.07, 6.45) is 2.32. The Balaban J connectivity index is 1.75. The van der Waals surface area contributed by atoms with Crippen molar-refractivity contribution in [2.45, 2.75) is 42.4 Å². The van der Waals surface area contributed by atoms with Crippen molar-refractivity contribution in [2.75, 3.05) is 6.54 Å². The molecule has 5 nitrogen and oxygen atoms in total. The van der Waals surface area contributed by atoms with E-state index in [2.05, 4.69) is 33.8 Å². The maximum atomic E-state index is 6.35. The van der Waals surface area contributed by atoms with Crippen molar-refractivity contribution in [3.8, 4) is 0 Å². The topological polar surface area (TPSA) is 55.6 Å². The van der Waals surface area contributed by atoms with Crippen LogP contribution in [0.2, 0.25) is 5.02 Å². The molecule has 0 aliphatic heterocycles. The van der Waals surface area contributed by atoms with E-state index in [0.29, 0.717) is 6.04 Å². The van der Waals surface area contributed by atoms with E-state index in [0.717, 1.165) is 41.0 Å². The zero-order valence-electron chi connectivity index (χ0n) is 11.2. The fraction of sp³-hybridized carbons (Fsp3) is 0.462. The SMILES string of the molecule is CCNCc1ccc(Sc2nnnn2C2CC2)c(Cl)c1. The van der Waals surface area contributed by atoms with E-state index in [-0.39, 0.29) is 0 Å². The maximum Gasteiger partial charge on any atom is 0.214 e. The summed E-state index contributed by atoms with van der Waals surface area (Å²) in [7, 11) is 0. The summed E-state index contributed by atoms with van der Waals surface area (Å²) in [5.41, 5.74) is 1.18. The summed E-state index contributed by atoms with van der Waals surface area (Å²) < 4.78 is 1.90. The van der Waals surface area contributed by atoms with Gasteiger partial charge < -0.3 is 5.32 Å². The monoisotopic (exact) mass is 309 g/mol. The molecule has 0 radical (unpaired) electrons. The Morgan fingerprint density at radius 3 is 3.00 bits per heavy atom. The van der Waals surface area contributed by atoms with Crippen molar-refractivity contribution in [3.05, 3.63) is 28.8 Å². The first-order valence-electron chi connectivity index (χ1n) is 6.72. The molecule has 1 saturated carbocycles. The van der Waals surface area contributed by atoms with Crippen molar-refractivity contribution in [1.82, 2.24) is 25.5 Å². The molecular weight excluding hydrogens is 294 g/mol. The quantitative estimate of drug-likeness (QED) is 0.889. The number of rotatable bonds is 6. The van der Waals surface area contributed by atoms with E-state index in [1.165, 1.54) is 17.3 Å². The predicted molar refractivity (Wildman–Crippen MR) is 79.0 cm³/mol. The van der Waals surface area contributed by atoms with Gasteiger partial charge in [0.2, 0.25) is 5.16 Å². The number of benzene rings is 1. The minimum atomic E-state index is 0.472. The fourth-order valence-corrected chi connectivity index (χ4v) is 3.07. The number of halogens is 1. The first-order chi connectivity index (χ1) is 9.78. The second-order valence-corrected chi connectivity index (χ2v) is 6.20. The predicted octanol–water partition coefficient (Wildman–Crippen LogP) is 2.92. The van der Waals surface area contributed by atoms with Crippen molar-refractivity contribution in [3.63, 3.8) is 0 Å². The Morgan fingerprint density at radius 1 is 1.45 bits per heavy atom. The third-order valence-electron chi connectivity index (χ3n) is 3.13. The molecule has 1 fully saturated rings. The molecule has 7 heteroatoms. The van der Waals surface area contributed by atoms with Crippen LogP contribution in [0.1, 0.15) is 31.4 Å². The van der Waals surface area contributed by atoms with E-state index in [1.54, 1.807) is 0 Å². The van der Waals surface area contributed by atoms with Crippen LogP contribution in [0.3, 0.4) is 0 Å². The molecule has 0 unspecified atom stereocenters. The Morgan fingerprint density at radius 2 is 2.30 bits per heavy atom. The van der Waals surface area contributed by atoms with Gasteiger partial charge in [0.1, 0.15) is 0 Å². The van der Waals surface area contributed by atoms with Gasteiger partial charge in [0.15, 0.2) is 0 Å². The van der Waals surface area contributed by atoms with Crippen LogP contribution < -0.4 is 5.32 Å². The van der Waals surface area contributed by atoms with Crippen LogP contribution in [0.15, 0.2) is 28.3 Å². The smallest absolute Gasteiger partial charge is 0.214 e. The van der Waals surface area contributed by atoms with Gasteiger partial charge in [0.25, 0.3) is 0 Å². The highest BCUT2D eigenvalue weighted by Crippen LogP contribution is 2.39. The van der Waals surface area contributed by atoms with Gasteiger partial charge >= 0.3 is 0 Å². The van der Waals surface area contributed by atoms with Gasteiger partial charge in [-0.2, -0.15) is 0 Å². The fourth-order valence-electron chi connectivity index (χ4n) is 1.91. The zero-order chi connectivity index (χ0) is 13.9. The van der Waals surface area contributed by atoms with Crippen LogP contribution in [-0.2, 0) is 6.54 Å². The number of nitrogens with zero attached hydrogens (tertiary/aromatic N) is 4. The molecule has 0 atom stereocenters. The Kier molecular flexibility index (Phi) is 4.24. The molecule has 1 aromatic carbocycles. The van der Waals surface area contributed by atoms with Crippen molar-refractivity contribution in [2.24, 2.45) is 0 Å². The molecular formula is C13H16ClN5S. The summed E-state index contributed by atoms with van der Waals surface area (Å²) >= 11 is 7.87. The summed E-state index contributed by atoms with van der Waals surface area (Å²) in [5, 5.41) is 16.7. The van der Waals surface area contributed by atoms with Gasteiger partial charge in [-0.05, 0) is 59.3 Å². The lowest BCUT2D eigenvalue weighted by Gasteiger charge is -2.07. The Labute approximate surface area is 127 Å². The van der Waals surface area contributed by atoms with Crippen LogP contribution in [0.4, 0.5) is 0 Å². The molecule has 0 bridgehead atoms. The highest BCUT2D eigenvalue weighted by molar-refractivity contribution is 7.99. The third-order valence-corrected chi connectivity index (χ3v) is 4.58. The number of aromatic nitrogens is 4. The Bertz CT molecular complexity index is 596. The second kappa shape index (κ2) is 6.11. The largest absolute Gasteiger partial charge is 0.313 e. The number of hydrogen-bond acceptors (Lipinski definition) is 5. The van der Waals surface area contributed by atoms with Gasteiger partial charge in [-0.1, -0.05) is 24.6 Å². The molecule has 20 heavy (non-hydrogen) atoms. The number of nitrogens with one attached hydrogen (secondary N) is 1. The van der Waals surface area contributed by atoms with E-state index in [9.17, 15) is 0 Å². The number of tetrazole rings is 1. The average molecular weight is 310 g/mol. The average Bonchev–Trinajstić information content (AvgIpc) is 3.19. The number of hydrogen-bond donors (Lipinski definition) is 1. The molecule has 0 amide bonds. The molecule has 3 rings (SSSR count). The molecule has 0 saturated heterocycles. The molecule has 0 spiro atoms. The molecule has 1 N–H and O–H groups in total. The van der Waals surface area contributed by atoms with Crippen LogP contribution in [0.25, 0.3) is 0 Å². The molecule has 2 aromatic rings. The van der Waals surface area contributed by atoms with E-state index < -0.39 is 0 Å². The summed E-state index contributed by atoms with van der Waals surface area (Å²) in [4.78, 5) is 0.989. The Hall–Kier alpha value is -1.11. The zero-order valence-corrected chi connectivity index (χ0v) is 12.8. The maximum absolute atomic E-state index is 6.35. The van der Waals surface area contributed by atoms with Crippen LogP contribution in [0.5, 0.6) is 0 Å². The van der Waals surface area contributed by atoms with E-state index >= 15 is 0 Å². The van der Waals surface area contributed by atoms with Gasteiger partial charge in [-0.25, -0.2) is 4.68 Å². The van der Waals surface area contributed by atoms with E-state index in [4.69, 9.17) is 11.6 Å². The van der Waals surface area contributed by atoms with Crippen molar-refractivity contribution >= 4 is 23.4 Å². The lowest BCUT2D eigenvalue weighted by atomic mass is 10.2.